The van der Waals surface area contributed by atoms with Gasteiger partial charge in [0, 0.05) is 14.3 Å². The van der Waals surface area contributed by atoms with E-state index < -0.39 is 6.10 Å². The molecule has 4 heteroatoms. The topological polar surface area (TPSA) is 20.2 Å². The van der Waals surface area contributed by atoms with Crippen LogP contribution in [0.15, 0.2) is 56.7 Å². The summed E-state index contributed by atoms with van der Waals surface area (Å²) in [6.45, 7) is 1.64. The van der Waals surface area contributed by atoms with Crippen LogP contribution in [0.3, 0.4) is 0 Å². The second-order valence-corrected chi connectivity index (χ2v) is 5.95. The van der Waals surface area contributed by atoms with Crippen LogP contribution < -0.4 is 0 Å². The van der Waals surface area contributed by atoms with Gasteiger partial charge in [0.25, 0.3) is 0 Å². The summed E-state index contributed by atoms with van der Waals surface area (Å²) in [4.78, 5) is 1.90. The van der Waals surface area contributed by atoms with Crippen LogP contribution in [-0.2, 0) is 0 Å². The highest BCUT2D eigenvalue weighted by molar-refractivity contribution is 9.10. The molecule has 0 saturated heterocycles. The summed E-state index contributed by atoms with van der Waals surface area (Å²) in [6.07, 6.45) is -0.685. The summed E-state index contributed by atoms with van der Waals surface area (Å²) < 4.78 is 14.2. The minimum absolute atomic E-state index is 0.329. The zero-order valence-corrected chi connectivity index (χ0v) is 12.1. The molecule has 2 rings (SSSR count). The highest BCUT2D eigenvalue weighted by Gasteiger charge is 2.10. The summed E-state index contributed by atoms with van der Waals surface area (Å²) in [7, 11) is 0. The number of hydrogen-bond donors (Lipinski definition) is 1. The quantitative estimate of drug-likeness (QED) is 0.874. The molecule has 0 bridgehead atoms. The molecular weight excluding hydrogens is 315 g/mol. The molecule has 0 aliphatic rings. The van der Waals surface area contributed by atoms with Gasteiger partial charge in [-0.05, 0) is 48.9 Å². The smallest absolute Gasteiger partial charge is 0.123 e. The van der Waals surface area contributed by atoms with Gasteiger partial charge in [0.2, 0.25) is 0 Å². The van der Waals surface area contributed by atoms with Gasteiger partial charge < -0.3 is 5.11 Å². The Balaban J connectivity index is 2.34. The van der Waals surface area contributed by atoms with Gasteiger partial charge in [-0.3, -0.25) is 0 Å². The number of halogens is 2. The molecule has 0 aliphatic heterocycles. The second kappa shape index (κ2) is 5.87. The average molecular weight is 327 g/mol. The molecule has 1 N–H and O–H groups in total. The van der Waals surface area contributed by atoms with Gasteiger partial charge in [0.1, 0.15) is 5.82 Å². The molecule has 1 unspecified atom stereocenters. The number of aliphatic hydroxyl groups is 1. The van der Waals surface area contributed by atoms with Gasteiger partial charge in [-0.2, -0.15) is 0 Å². The van der Waals surface area contributed by atoms with Gasteiger partial charge in [0.05, 0.1) is 6.10 Å². The van der Waals surface area contributed by atoms with E-state index in [0.717, 1.165) is 14.3 Å². The zero-order valence-electron chi connectivity index (χ0n) is 9.73. The summed E-state index contributed by atoms with van der Waals surface area (Å²) in [5.41, 5.74) is 0.611. The van der Waals surface area contributed by atoms with Crippen LogP contribution in [0.1, 0.15) is 18.6 Å². The minimum Gasteiger partial charge on any atom is -0.389 e. The van der Waals surface area contributed by atoms with E-state index in [4.69, 9.17) is 0 Å². The van der Waals surface area contributed by atoms with E-state index in [1.165, 1.54) is 23.9 Å². The molecule has 0 spiro atoms. The van der Waals surface area contributed by atoms with E-state index in [2.05, 4.69) is 15.9 Å². The van der Waals surface area contributed by atoms with E-state index in [0.29, 0.717) is 5.56 Å². The van der Waals surface area contributed by atoms with Crippen LogP contribution >= 0.6 is 27.7 Å². The normalized spacial score (nSPS) is 12.4. The van der Waals surface area contributed by atoms with Gasteiger partial charge in [-0.25, -0.2) is 4.39 Å². The van der Waals surface area contributed by atoms with Crippen molar-refractivity contribution in [1.82, 2.24) is 0 Å². The number of rotatable bonds is 3. The third kappa shape index (κ3) is 3.34. The molecule has 1 atom stereocenters. The fourth-order valence-corrected chi connectivity index (χ4v) is 3.22. The molecule has 0 aromatic heterocycles. The van der Waals surface area contributed by atoms with E-state index in [1.54, 1.807) is 13.0 Å². The number of hydrogen-bond acceptors (Lipinski definition) is 2. The lowest BCUT2D eigenvalue weighted by atomic mass is 10.1. The molecule has 0 amide bonds. The van der Waals surface area contributed by atoms with E-state index in [9.17, 15) is 9.50 Å². The van der Waals surface area contributed by atoms with Crippen molar-refractivity contribution >= 4 is 27.7 Å². The molecule has 0 radical (unpaired) electrons. The van der Waals surface area contributed by atoms with Crippen LogP contribution in [0.25, 0.3) is 0 Å². The van der Waals surface area contributed by atoms with Crippen LogP contribution in [0.4, 0.5) is 4.39 Å². The largest absolute Gasteiger partial charge is 0.389 e. The van der Waals surface area contributed by atoms with Gasteiger partial charge in [0.15, 0.2) is 0 Å². The lowest BCUT2D eigenvalue weighted by molar-refractivity contribution is 0.196. The molecule has 94 valence electrons. The summed E-state index contributed by atoms with van der Waals surface area (Å²) in [5, 5.41) is 9.67. The Morgan fingerprint density at radius 1 is 1.22 bits per heavy atom. The first kappa shape index (κ1) is 13.6. The first-order valence-corrected chi connectivity index (χ1v) is 7.08. The lowest BCUT2D eigenvalue weighted by Crippen LogP contribution is -1.95. The van der Waals surface area contributed by atoms with Crippen LogP contribution in [-0.4, -0.2) is 5.11 Å². The average Bonchev–Trinajstić information content (AvgIpc) is 2.31. The predicted molar refractivity (Wildman–Crippen MR) is 75.3 cm³/mol. The molecule has 0 fully saturated rings. The molecular formula is C14H12BrFOS. The minimum atomic E-state index is -0.685. The summed E-state index contributed by atoms with van der Waals surface area (Å²) in [6, 6.07) is 12.3. The first-order valence-electron chi connectivity index (χ1n) is 5.47. The van der Waals surface area contributed by atoms with Gasteiger partial charge in [-0.15, -0.1) is 0 Å². The summed E-state index contributed by atoms with van der Waals surface area (Å²) in [5.74, 6) is -0.329. The summed E-state index contributed by atoms with van der Waals surface area (Å²) >= 11 is 4.92. The van der Waals surface area contributed by atoms with Crippen LogP contribution in [0.2, 0.25) is 0 Å². The van der Waals surface area contributed by atoms with Gasteiger partial charge >= 0.3 is 0 Å². The second-order valence-electron chi connectivity index (χ2n) is 3.92. The lowest BCUT2D eigenvalue weighted by Gasteiger charge is -2.11. The number of aliphatic hydroxyl groups excluding tert-OH is 1. The van der Waals surface area contributed by atoms with Crippen molar-refractivity contribution < 1.29 is 9.50 Å². The van der Waals surface area contributed by atoms with Crippen molar-refractivity contribution in [3.8, 4) is 0 Å². The Morgan fingerprint density at radius 2 is 2.00 bits per heavy atom. The van der Waals surface area contributed by atoms with E-state index in [-0.39, 0.29) is 5.82 Å². The van der Waals surface area contributed by atoms with Crippen molar-refractivity contribution in [3.05, 3.63) is 58.3 Å². The zero-order chi connectivity index (χ0) is 13.1. The molecule has 1 nitrogen and oxygen atoms in total. The van der Waals surface area contributed by atoms with Crippen molar-refractivity contribution in [3.63, 3.8) is 0 Å². The molecule has 2 aromatic rings. The Bertz CT molecular complexity index is 557. The SMILES string of the molecule is CC(O)c1cc(F)ccc1Sc1cccc(Br)c1. The molecule has 2 aromatic carbocycles. The first-order chi connectivity index (χ1) is 8.56. The standard InChI is InChI=1S/C14H12BrFOS/c1-9(17)13-8-11(16)5-6-14(13)18-12-4-2-3-10(15)7-12/h2-9,17H,1H3. The van der Waals surface area contributed by atoms with Crippen molar-refractivity contribution in [2.24, 2.45) is 0 Å². The molecule has 0 aliphatic carbocycles. The van der Waals surface area contributed by atoms with Gasteiger partial charge in [-0.1, -0.05) is 33.8 Å². The van der Waals surface area contributed by atoms with Crippen molar-refractivity contribution in [2.45, 2.75) is 22.8 Å². The van der Waals surface area contributed by atoms with Crippen molar-refractivity contribution in [1.29, 1.82) is 0 Å². The maximum absolute atomic E-state index is 13.2. The maximum atomic E-state index is 13.2. The predicted octanol–water partition coefficient (Wildman–Crippen LogP) is 4.79. The Hall–Kier alpha value is -0.840. The Morgan fingerprint density at radius 3 is 2.67 bits per heavy atom. The maximum Gasteiger partial charge on any atom is 0.123 e. The van der Waals surface area contributed by atoms with E-state index >= 15 is 0 Å². The molecule has 18 heavy (non-hydrogen) atoms. The monoisotopic (exact) mass is 326 g/mol. The van der Waals surface area contributed by atoms with Crippen LogP contribution in [0, 0.1) is 5.82 Å². The third-order valence-electron chi connectivity index (χ3n) is 2.45. The highest BCUT2D eigenvalue weighted by Crippen LogP contribution is 2.34. The fourth-order valence-electron chi connectivity index (χ4n) is 1.60. The molecule has 0 heterocycles. The third-order valence-corrected chi connectivity index (χ3v) is 4.02. The Kier molecular flexibility index (Phi) is 4.43. The highest BCUT2D eigenvalue weighted by atomic mass is 79.9. The number of benzene rings is 2. The van der Waals surface area contributed by atoms with Crippen LogP contribution in [0.5, 0.6) is 0 Å². The fraction of sp³-hybridized carbons (Fsp3) is 0.143. The Labute approximate surface area is 118 Å². The van der Waals surface area contributed by atoms with E-state index in [1.807, 2.05) is 24.3 Å². The molecule has 0 saturated carbocycles. The van der Waals surface area contributed by atoms with Crippen molar-refractivity contribution in [2.75, 3.05) is 0 Å².